The van der Waals surface area contributed by atoms with Crippen molar-refractivity contribution in [1.82, 2.24) is 14.3 Å². The molecule has 0 aromatic carbocycles. The lowest BCUT2D eigenvalue weighted by atomic mass is 10.2. The highest BCUT2D eigenvalue weighted by Crippen LogP contribution is 2.10. The van der Waals surface area contributed by atoms with Crippen molar-refractivity contribution in [3.63, 3.8) is 0 Å². The van der Waals surface area contributed by atoms with Crippen molar-refractivity contribution < 1.29 is 8.42 Å². The molecule has 0 aromatic rings. The summed E-state index contributed by atoms with van der Waals surface area (Å²) in [6, 6.07) is 0.319. The maximum absolute atomic E-state index is 12.2. The molecule has 0 radical (unpaired) electrons. The molecule has 1 unspecified atom stereocenters. The molecule has 0 aromatic heterocycles. The molecule has 6 heteroatoms. The summed E-state index contributed by atoms with van der Waals surface area (Å²) in [5.41, 5.74) is 0. The maximum atomic E-state index is 12.2. The molecular weight excluding hydrogens is 250 g/mol. The SMILES string of the molecule is CCCCN(CC1CCCN1)S(=O)(=O)NCCC. The van der Waals surface area contributed by atoms with Gasteiger partial charge in [0.25, 0.3) is 10.2 Å². The summed E-state index contributed by atoms with van der Waals surface area (Å²) >= 11 is 0. The summed E-state index contributed by atoms with van der Waals surface area (Å²) in [4.78, 5) is 0. The molecule has 1 aliphatic rings. The van der Waals surface area contributed by atoms with Gasteiger partial charge in [0.2, 0.25) is 0 Å². The quantitative estimate of drug-likeness (QED) is 0.663. The van der Waals surface area contributed by atoms with E-state index in [1.807, 2.05) is 6.92 Å². The van der Waals surface area contributed by atoms with E-state index in [4.69, 9.17) is 0 Å². The monoisotopic (exact) mass is 277 g/mol. The average Bonchev–Trinajstić information content (AvgIpc) is 2.84. The molecule has 2 N–H and O–H groups in total. The van der Waals surface area contributed by atoms with Crippen LogP contribution in [0.3, 0.4) is 0 Å². The fourth-order valence-electron chi connectivity index (χ4n) is 2.12. The number of rotatable bonds is 9. The van der Waals surface area contributed by atoms with Gasteiger partial charge < -0.3 is 5.32 Å². The molecule has 0 amide bonds. The lowest BCUT2D eigenvalue weighted by Gasteiger charge is -2.25. The van der Waals surface area contributed by atoms with E-state index in [0.717, 1.165) is 38.6 Å². The summed E-state index contributed by atoms with van der Waals surface area (Å²) in [6.07, 6.45) is 4.97. The largest absolute Gasteiger partial charge is 0.313 e. The molecule has 1 atom stereocenters. The molecule has 18 heavy (non-hydrogen) atoms. The molecule has 5 nitrogen and oxygen atoms in total. The van der Waals surface area contributed by atoms with Crippen molar-refractivity contribution >= 4 is 10.2 Å². The molecule has 1 fully saturated rings. The van der Waals surface area contributed by atoms with Crippen LogP contribution in [0.2, 0.25) is 0 Å². The summed E-state index contributed by atoms with van der Waals surface area (Å²) in [5.74, 6) is 0. The van der Waals surface area contributed by atoms with Gasteiger partial charge in [0.15, 0.2) is 0 Å². The minimum atomic E-state index is -3.30. The van der Waals surface area contributed by atoms with Gasteiger partial charge in [-0.2, -0.15) is 12.7 Å². The minimum Gasteiger partial charge on any atom is -0.313 e. The lowest BCUT2D eigenvalue weighted by Crippen LogP contribution is -2.46. The van der Waals surface area contributed by atoms with Crippen LogP contribution in [0.1, 0.15) is 46.0 Å². The Hall–Kier alpha value is -0.170. The van der Waals surface area contributed by atoms with Crippen LogP contribution in [0.4, 0.5) is 0 Å². The predicted octanol–water partition coefficient (Wildman–Crippen LogP) is 1.08. The Morgan fingerprint density at radius 1 is 1.33 bits per heavy atom. The highest BCUT2D eigenvalue weighted by atomic mass is 32.2. The third-order valence-corrected chi connectivity index (χ3v) is 4.80. The number of hydrogen-bond acceptors (Lipinski definition) is 3. The standard InChI is InChI=1S/C12H27N3O2S/c1-3-5-10-15(11-12-7-6-9-13-12)18(16,17)14-8-4-2/h12-14H,3-11H2,1-2H3. The average molecular weight is 277 g/mol. The van der Waals surface area contributed by atoms with Crippen molar-refractivity contribution in [3.8, 4) is 0 Å². The zero-order chi connectivity index (χ0) is 13.4. The normalized spacial score (nSPS) is 20.7. The van der Waals surface area contributed by atoms with E-state index in [0.29, 0.717) is 25.7 Å². The molecule has 1 heterocycles. The van der Waals surface area contributed by atoms with Crippen molar-refractivity contribution in [3.05, 3.63) is 0 Å². The summed E-state index contributed by atoms with van der Waals surface area (Å²) in [7, 11) is -3.30. The van der Waals surface area contributed by atoms with E-state index in [1.165, 1.54) is 0 Å². The van der Waals surface area contributed by atoms with Crippen molar-refractivity contribution in [2.75, 3.05) is 26.2 Å². The molecule has 0 aliphatic carbocycles. The highest BCUT2D eigenvalue weighted by molar-refractivity contribution is 7.87. The zero-order valence-corrected chi connectivity index (χ0v) is 12.4. The summed E-state index contributed by atoms with van der Waals surface area (Å²) in [6.45, 7) is 6.79. The van der Waals surface area contributed by atoms with E-state index in [9.17, 15) is 8.42 Å². The predicted molar refractivity (Wildman–Crippen MR) is 74.7 cm³/mol. The molecule has 0 saturated carbocycles. The topological polar surface area (TPSA) is 61.4 Å². The maximum Gasteiger partial charge on any atom is 0.279 e. The third-order valence-electron chi connectivity index (χ3n) is 3.22. The van der Waals surface area contributed by atoms with Crippen LogP contribution in [0.5, 0.6) is 0 Å². The van der Waals surface area contributed by atoms with Crippen LogP contribution in [0.25, 0.3) is 0 Å². The first-order chi connectivity index (χ1) is 8.60. The van der Waals surface area contributed by atoms with Crippen molar-refractivity contribution in [1.29, 1.82) is 0 Å². The Bertz CT molecular complexity index is 313. The number of nitrogens with zero attached hydrogens (tertiary/aromatic N) is 1. The van der Waals surface area contributed by atoms with E-state index < -0.39 is 10.2 Å². The number of unbranched alkanes of at least 4 members (excludes halogenated alkanes) is 1. The Balaban J connectivity index is 2.57. The lowest BCUT2D eigenvalue weighted by molar-refractivity contribution is 0.358. The van der Waals surface area contributed by atoms with Crippen LogP contribution >= 0.6 is 0 Å². The van der Waals surface area contributed by atoms with E-state index in [2.05, 4.69) is 17.0 Å². The van der Waals surface area contributed by atoms with Crippen LogP contribution < -0.4 is 10.0 Å². The van der Waals surface area contributed by atoms with E-state index in [-0.39, 0.29) is 0 Å². The second-order valence-electron chi connectivity index (χ2n) is 4.90. The first-order valence-electron chi connectivity index (χ1n) is 7.08. The third kappa shape index (κ3) is 5.22. The van der Waals surface area contributed by atoms with Crippen LogP contribution in [-0.2, 0) is 10.2 Å². The summed E-state index contributed by atoms with van der Waals surface area (Å²) < 4.78 is 28.6. The van der Waals surface area contributed by atoms with Crippen LogP contribution in [-0.4, -0.2) is 44.9 Å². The fraction of sp³-hybridized carbons (Fsp3) is 1.00. The highest BCUT2D eigenvalue weighted by Gasteiger charge is 2.25. The van der Waals surface area contributed by atoms with Gasteiger partial charge in [0, 0.05) is 25.7 Å². The van der Waals surface area contributed by atoms with Gasteiger partial charge >= 0.3 is 0 Å². The molecule has 1 saturated heterocycles. The smallest absolute Gasteiger partial charge is 0.279 e. The fourth-order valence-corrected chi connectivity index (χ4v) is 3.52. The van der Waals surface area contributed by atoms with E-state index >= 15 is 0 Å². The molecule has 108 valence electrons. The van der Waals surface area contributed by atoms with Crippen LogP contribution in [0.15, 0.2) is 0 Å². The van der Waals surface area contributed by atoms with Gasteiger partial charge in [-0.1, -0.05) is 20.3 Å². The number of nitrogens with one attached hydrogen (secondary N) is 2. The minimum absolute atomic E-state index is 0.319. The van der Waals surface area contributed by atoms with Crippen molar-refractivity contribution in [2.24, 2.45) is 0 Å². The van der Waals surface area contributed by atoms with Gasteiger partial charge in [-0.25, -0.2) is 4.72 Å². The second-order valence-corrected chi connectivity index (χ2v) is 6.66. The Labute approximate surface area is 112 Å². The molecule has 0 spiro atoms. The van der Waals surface area contributed by atoms with Crippen LogP contribution in [0, 0.1) is 0 Å². The van der Waals surface area contributed by atoms with Crippen molar-refractivity contribution in [2.45, 2.75) is 52.0 Å². The van der Waals surface area contributed by atoms with E-state index in [1.54, 1.807) is 4.31 Å². The molecular formula is C12H27N3O2S. The van der Waals surface area contributed by atoms with Gasteiger partial charge in [-0.15, -0.1) is 0 Å². The Morgan fingerprint density at radius 3 is 2.67 bits per heavy atom. The van der Waals surface area contributed by atoms with Gasteiger partial charge in [0.05, 0.1) is 0 Å². The van der Waals surface area contributed by atoms with Gasteiger partial charge in [0.1, 0.15) is 0 Å². The molecule has 1 aliphatic heterocycles. The van der Waals surface area contributed by atoms with Gasteiger partial charge in [-0.05, 0) is 32.2 Å². The van der Waals surface area contributed by atoms with Gasteiger partial charge in [-0.3, -0.25) is 0 Å². The summed E-state index contributed by atoms with van der Waals surface area (Å²) in [5, 5.41) is 3.36. The zero-order valence-electron chi connectivity index (χ0n) is 11.6. The second kappa shape index (κ2) is 8.09. The molecule has 0 bridgehead atoms. The first-order valence-corrected chi connectivity index (χ1v) is 8.52. The Morgan fingerprint density at radius 2 is 2.11 bits per heavy atom. The number of hydrogen-bond donors (Lipinski definition) is 2. The molecule has 1 rings (SSSR count). The first kappa shape index (κ1) is 15.9. The Kier molecular flexibility index (Phi) is 7.14.